The summed E-state index contributed by atoms with van der Waals surface area (Å²) in [5.74, 6) is 0.356. The van der Waals surface area contributed by atoms with E-state index >= 15 is 0 Å². The first-order valence-electron chi connectivity index (χ1n) is 13.4. The van der Waals surface area contributed by atoms with Gasteiger partial charge in [0.15, 0.2) is 0 Å². The number of nitrogens with one attached hydrogen (secondary N) is 1. The van der Waals surface area contributed by atoms with E-state index in [0.717, 1.165) is 19.3 Å². The van der Waals surface area contributed by atoms with Crippen LogP contribution in [0.2, 0.25) is 0 Å². The van der Waals surface area contributed by atoms with Gasteiger partial charge in [-0.2, -0.15) is 0 Å². The highest BCUT2D eigenvalue weighted by Crippen LogP contribution is 2.51. The van der Waals surface area contributed by atoms with Gasteiger partial charge in [0.1, 0.15) is 0 Å². The Bertz CT molecular complexity index is 1440. The Morgan fingerprint density at radius 2 is 1.78 bits per heavy atom. The van der Waals surface area contributed by atoms with Crippen LogP contribution in [0.3, 0.4) is 0 Å². The molecule has 2 heteroatoms. The largest absolute Gasteiger partial charge is 0.378 e. The van der Waals surface area contributed by atoms with E-state index in [0.29, 0.717) is 12.0 Å². The van der Waals surface area contributed by atoms with Crippen LogP contribution in [0, 0.1) is 5.92 Å². The lowest BCUT2D eigenvalue weighted by atomic mass is 9.81. The summed E-state index contributed by atoms with van der Waals surface area (Å²) in [6, 6.07) is 16.6. The minimum Gasteiger partial charge on any atom is -0.378 e. The van der Waals surface area contributed by atoms with Gasteiger partial charge >= 0.3 is 0 Å². The van der Waals surface area contributed by atoms with Gasteiger partial charge in [0.25, 0.3) is 0 Å². The van der Waals surface area contributed by atoms with E-state index in [9.17, 15) is 0 Å². The summed E-state index contributed by atoms with van der Waals surface area (Å²) >= 11 is 0. The normalized spacial score (nSPS) is 26.8. The Kier molecular flexibility index (Phi) is 4.83. The fourth-order valence-electron chi connectivity index (χ4n) is 7.13. The highest BCUT2D eigenvalue weighted by Gasteiger charge is 2.46. The number of hydrogen-bond acceptors (Lipinski definition) is 2. The van der Waals surface area contributed by atoms with Gasteiger partial charge in [-0.15, -0.1) is 0 Å². The first-order valence-corrected chi connectivity index (χ1v) is 13.4. The predicted molar refractivity (Wildman–Crippen MR) is 151 cm³/mol. The molecule has 0 amide bonds. The number of rotatable bonds is 3. The quantitative estimate of drug-likeness (QED) is 0.488. The molecule has 1 N–H and O–H groups in total. The Labute approximate surface area is 215 Å². The molecule has 1 fully saturated rings. The van der Waals surface area contributed by atoms with Crippen LogP contribution in [0.25, 0.3) is 11.1 Å². The SMILES string of the molecule is CC1=CC=C2C3C(=CC=CC3Nc3ccc4c(c3)C(C)(C)c3ccccc3-4)N(C3=CC=CCC3)C2C1. The van der Waals surface area contributed by atoms with Crippen molar-refractivity contribution in [1.29, 1.82) is 0 Å². The first kappa shape index (κ1) is 21.7. The van der Waals surface area contributed by atoms with Crippen LogP contribution in [0.4, 0.5) is 5.69 Å². The second-order valence-electron chi connectivity index (χ2n) is 11.4. The second kappa shape index (κ2) is 8.00. The topological polar surface area (TPSA) is 15.3 Å². The number of benzene rings is 2. The summed E-state index contributed by atoms with van der Waals surface area (Å²) in [7, 11) is 0. The van der Waals surface area contributed by atoms with E-state index in [1.54, 1.807) is 5.57 Å². The number of anilines is 1. The maximum absolute atomic E-state index is 3.97. The van der Waals surface area contributed by atoms with E-state index in [1.807, 2.05) is 0 Å². The van der Waals surface area contributed by atoms with Crippen molar-refractivity contribution in [2.75, 3.05) is 5.32 Å². The molecule has 0 aromatic heterocycles. The molecule has 5 aliphatic rings. The fourth-order valence-corrected chi connectivity index (χ4v) is 7.13. The average molecular weight is 471 g/mol. The molecular formula is C34H34N2. The minimum absolute atomic E-state index is 0.0154. The summed E-state index contributed by atoms with van der Waals surface area (Å²) in [5.41, 5.74) is 12.8. The molecule has 0 bridgehead atoms. The Hall–Kier alpha value is -3.52. The molecule has 2 aromatic rings. The van der Waals surface area contributed by atoms with Crippen LogP contribution < -0.4 is 5.32 Å². The summed E-state index contributed by atoms with van der Waals surface area (Å²) in [6.45, 7) is 6.99. The zero-order valence-corrected chi connectivity index (χ0v) is 21.5. The zero-order chi connectivity index (χ0) is 24.4. The summed E-state index contributed by atoms with van der Waals surface area (Å²) in [4.78, 5) is 2.66. The number of fused-ring (bicyclic) bond motifs is 6. The lowest BCUT2D eigenvalue weighted by Crippen LogP contribution is -2.31. The van der Waals surface area contributed by atoms with Gasteiger partial charge in [0, 0.05) is 28.4 Å². The smallest absolute Gasteiger partial charge is 0.0593 e. The van der Waals surface area contributed by atoms with Crippen molar-refractivity contribution in [3.8, 4) is 11.1 Å². The number of likely N-dealkylation sites (tertiary alicyclic amines) is 1. The first-order chi connectivity index (χ1) is 17.5. The molecular weight excluding hydrogens is 436 g/mol. The molecule has 1 aliphatic heterocycles. The van der Waals surface area contributed by atoms with Gasteiger partial charge in [-0.25, -0.2) is 0 Å². The third-order valence-electron chi connectivity index (χ3n) is 8.89. The molecule has 0 spiro atoms. The van der Waals surface area contributed by atoms with Crippen LogP contribution in [0.5, 0.6) is 0 Å². The standard InChI is InChI=1S/C34H34N2/c1-22-16-18-27-32(20-22)36(24-10-5-4-6-11-24)31-15-9-14-30(33(27)31)35-23-17-19-26-25-12-7-8-13-28(25)34(2,3)29(26)21-23/h4-5,7-10,12-19,21,30,32-33,35H,6,11,20H2,1-3H3. The monoisotopic (exact) mass is 470 g/mol. The maximum Gasteiger partial charge on any atom is 0.0593 e. The molecule has 0 radical (unpaired) electrons. The average Bonchev–Trinajstić information content (AvgIpc) is 3.34. The fraction of sp³-hybridized carbons (Fsp3) is 0.294. The van der Waals surface area contributed by atoms with Crippen LogP contribution in [-0.2, 0) is 5.41 Å². The Balaban J connectivity index is 1.25. The molecule has 2 nitrogen and oxygen atoms in total. The molecule has 1 heterocycles. The van der Waals surface area contributed by atoms with Crippen molar-refractivity contribution >= 4 is 5.69 Å². The van der Waals surface area contributed by atoms with E-state index in [4.69, 9.17) is 0 Å². The van der Waals surface area contributed by atoms with E-state index in [1.165, 1.54) is 44.9 Å². The van der Waals surface area contributed by atoms with Crippen molar-refractivity contribution in [3.63, 3.8) is 0 Å². The highest BCUT2D eigenvalue weighted by atomic mass is 15.2. The number of allylic oxidation sites excluding steroid dienone is 8. The third-order valence-corrected chi connectivity index (χ3v) is 8.89. The van der Waals surface area contributed by atoms with Gasteiger partial charge in [-0.1, -0.05) is 86.2 Å². The van der Waals surface area contributed by atoms with Crippen molar-refractivity contribution in [2.45, 2.75) is 57.5 Å². The number of nitrogens with zero attached hydrogens (tertiary/aromatic N) is 1. The summed E-state index contributed by atoms with van der Waals surface area (Å²) < 4.78 is 0. The molecule has 2 aromatic carbocycles. The highest BCUT2D eigenvalue weighted by molar-refractivity contribution is 5.82. The van der Waals surface area contributed by atoms with E-state index in [2.05, 4.69) is 122 Å². The predicted octanol–water partition coefficient (Wildman–Crippen LogP) is 8.04. The zero-order valence-electron chi connectivity index (χ0n) is 21.5. The molecule has 0 saturated carbocycles. The molecule has 7 rings (SSSR count). The van der Waals surface area contributed by atoms with E-state index in [-0.39, 0.29) is 11.5 Å². The van der Waals surface area contributed by atoms with Gasteiger partial charge in [0.2, 0.25) is 0 Å². The molecule has 36 heavy (non-hydrogen) atoms. The van der Waals surface area contributed by atoms with Crippen LogP contribution in [-0.4, -0.2) is 17.0 Å². The second-order valence-corrected chi connectivity index (χ2v) is 11.4. The lowest BCUT2D eigenvalue weighted by Gasteiger charge is -2.33. The van der Waals surface area contributed by atoms with Gasteiger partial charge in [0.05, 0.1) is 12.1 Å². The summed E-state index contributed by atoms with van der Waals surface area (Å²) in [5, 5.41) is 3.97. The number of hydrogen-bond donors (Lipinski definition) is 1. The lowest BCUT2D eigenvalue weighted by molar-refractivity contribution is 0.366. The third kappa shape index (κ3) is 3.17. The molecule has 3 atom stereocenters. The van der Waals surface area contributed by atoms with Crippen LogP contribution in [0.1, 0.15) is 51.2 Å². The van der Waals surface area contributed by atoms with Gasteiger partial charge < -0.3 is 10.2 Å². The van der Waals surface area contributed by atoms with E-state index < -0.39 is 0 Å². The van der Waals surface area contributed by atoms with Crippen molar-refractivity contribution in [3.05, 3.63) is 125 Å². The molecule has 3 unspecified atom stereocenters. The molecule has 180 valence electrons. The maximum atomic E-state index is 3.97. The molecule has 1 saturated heterocycles. The van der Waals surface area contributed by atoms with Crippen LogP contribution >= 0.6 is 0 Å². The van der Waals surface area contributed by atoms with Crippen molar-refractivity contribution in [2.24, 2.45) is 5.92 Å². The van der Waals surface area contributed by atoms with Crippen molar-refractivity contribution < 1.29 is 0 Å². The minimum atomic E-state index is 0.0154. The Morgan fingerprint density at radius 3 is 2.64 bits per heavy atom. The van der Waals surface area contributed by atoms with Gasteiger partial charge in [-0.3, -0.25) is 0 Å². The summed E-state index contributed by atoms with van der Waals surface area (Å²) in [6.07, 6.45) is 22.0. The van der Waals surface area contributed by atoms with Crippen LogP contribution in [0.15, 0.2) is 114 Å². The van der Waals surface area contributed by atoms with Crippen molar-refractivity contribution in [1.82, 2.24) is 4.90 Å². The molecule has 4 aliphatic carbocycles. The Morgan fingerprint density at radius 1 is 0.917 bits per heavy atom. The van der Waals surface area contributed by atoms with Gasteiger partial charge in [-0.05, 0) is 78.3 Å².